The summed E-state index contributed by atoms with van der Waals surface area (Å²) >= 11 is 0. The van der Waals surface area contributed by atoms with E-state index in [1.807, 2.05) is 0 Å². The van der Waals surface area contributed by atoms with Crippen LogP contribution in [-0.4, -0.2) is 67.1 Å². The lowest BCUT2D eigenvalue weighted by Gasteiger charge is -2.16. The van der Waals surface area contributed by atoms with Gasteiger partial charge in [0.1, 0.15) is 0 Å². The van der Waals surface area contributed by atoms with Crippen LogP contribution in [0.3, 0.4) is 0 Å². The summed E-state index contributed by atoms with van der Waals surface area (Å²) in [6.45, 7) is 0.283. The molecule has 0 aromatic rings. The Morgan fingerprint density at radius 2 is 2.05 bits per heavy atom. The molecule has 1 heterocycles. The first-order chi connectivity index (χ1) is 9.77. The van der Waals surface area contributed by atoms with E-state index in [1.165, 1.54) is 0 Å². The Balaban J connectivity index is 2.65. The first-order valence-electron chi connectivity index (χ1n) is 6.81. The monoisotopic (exact) mass is 323 g/mol. The highest BCUT2D eigenvalue weighted by Crippen LogP contribution is 2.29. The smallest absolute Gasteiger partial charge is 0.451 e. The van der Waals surface area contributed by atoms with Crippen LogP contribution in [0.25, 0.3) is 0 Å². The van der Waals surface area contributed by atoms with Gasteiger partial charge < -0.3 is 20.9 Å². The van der Waals surface area contributed by atoms with E-state index in [0.29, 0.717) is 12.8 Å². The highest BCUT2D eigenvalue weighted by atomic mass is 32.2. The number of aliphatic carboxylic acids is 1. The molecule has 0 radical (unpaired) electrons. The number of nitrogens with zero attached hydrogens (tertiary/aromatic N) is 1. The van der Waals surface area contributed by atoms with Gasteiger partial charge in [0.15, 0.2) is 0 Å². The second-order valence-electron chi connectivity index (χ2n) is 5.12. The Kier molecular flexibility index (Phi) is 7.04. The lowest BCUT2D eigenvalue weighted by molar-refractivity contribution is -0.142. The van der Waals surface area contributed by atoms with Crippen molar-refractivity contribution >= 4 is 23.3 Å². The van der Waals surface area contributed by atoms with Crippen LogP contribution in [-0.2, 0) is 15.0 Å². The summed E-state index contributed by atoms with van der Waals surface area (Å²) in [7, 11) is -5.15. The lowest BCUT2D eigenvalue weighted by Crippen LogP contribution is -2.41. The van der Waals surface area contributed by atoms with Crippen molar-refractivity contribution < 1.29 is 28.4 Å². The van der Waals surface area contributed by atoms with Crippen molar-refractivity contribution in [2.24, 2.45) is 17.6 Å². The zero-order valence-electron chi connectivity index (χ0n) is 11.7. The Labute approximate surface area is 124 Å². The van der Waals surface area contributed by atoms with Gasteiger partial charge in [-0.3, -0.25) is 4.79 Å². The van der Waals surface area contributed by atoms with Crippen molar-refractivity contribution in [3.63, 3.8) is 0 Å². The van der Waals surface area contributed by atoms with Crippen molar-refractivity contribution in [2.75, 3.05) is 26.2 Å². The van der Waals surface area contributed by atoms with E-state index in [9.17, 15) is 18.3 Å². The maximum absolute atomic E-state index is 12.0. The number of hydrogen-bond donors (Lipinski definition) is 5. The van der Waals surface area contributed by atoms with Gasteiger partial charge in [-0.1, -0.05) is 6.42 Å². The van der Waals surface area contributed by atoms with E-state index in [1.54, 1.807) is 0 Å². The minimum atomic E-state index is -3.72. The second kappa shape index (κ2) is 8.06. The van der Waals surface area contributed by atoms with Gasteiger partial charge in [-0.25, -0.2) is 4.72 Å². The van der Waals surface area contributed by atoms with Crippen LogP contribution in [0.4, 0.5) is 0 Å². The highest BCUT2D eigenvalue weighted by molar-refractivity contribution is 7.87. The topological polar surface area (TPSA) is 153 Å². The summed E-state index contributed by atoms with van der Waals surface area (Å²) in [6.07, 6.45) is 0.995. The molecule has 1 saturated heterocycles. The molecule has 0 saturated carbocycles. The second-order valence-corrected chi connectivity index (χ2v) is 6.88. The molecule has 1 fully saturated rings. The molecule has 0 bridgehead atoms. The van der Waals surface area contributed by atoms with Gasteiger partial charge in [0.05, 0.1) is 5.92 Å². The minimum absolute atomic E-state index is 0.0818. The van der Waals surface area contributed by atoms with Crippen molar-refractivity contribution in [1.82, 2.24) is 9.03 Å². The van der Waals surface area contributed by atoms with Crippen molar-refractivity contribution in [3.05, 3.63) is 0 Å². The van der Waals surface area contributed by atoms with Gasteiger partial charge in [0.25, 0.3) is 10.2 Å². The maximum atomic E-state index is 12.0. The Morgan fingerprint density at radius 3 is 2.57 bits per heavy atom. The molecule has 0 aliphatic carbocycles. The largest absolute Gasteiger partial charge is 0.481 e. The van der Waals surface area contributed by atoms with E-state index >= 15 is 0 Å². The molecule has 1 aliphatic rings. The van der Waals surface area contributed by atoms with Gasteiger partial charge in [-0.05, 0) is 18.7 Å². The molecule has 21 heavy (non-hydrogen) atoms. The van der Waals surface area contributed by atoms with E-state index in [4.69, 9.17) is 15.8 Å². The average molecular weight is 323 g/mol. The molecule has 1 aliphatic heterocycles. The van der Waals surface area contributed by atoms with E-state index in [-0.39, 0.29) is 38.4 Å². The van der Waals surface area contributed by atoms with Gasteiger partial charge in [0.2, 0.25) is 0 Å². The van der Waals surface area contributed by atoms with E-state index in [0.717, 1.165) is 4.31 Å². The molecule has 122 valence electrons. The molecule has 0 aromatic carbocycles. The Bertz CT molecular complexity index is 446. The first-order valence-corrected chi connectivity index (χ1v) is 8.25. The fraction of sp³-hybridized carbons (Fsp3) is 0.900. The quantitative estimate of drug-likeness (QED) is 0.298. The summed E-state index contributed by atoms with van der Waals surface area (Å²) in [5, 5.41) is 26.8. The van der Waals surface area contributed by atoms with Crippen LogP contribution in [0.5, 0.6) is 0 Å². The fourth-order valence-electron chi connectivity index (χ4n) is 2.44. The predicted molar refractivity (Wildman–Crippen MR) is 76.4 cm³/mol. The van der Waals surface area contributed by atoms with Crippen LogP contribution >= 0.6 is 0 Å². The molecular weight excluding hydrogens is 301 g/mol. The van der Waals surface area contributed by atoms with Crippen LogP contribution in [0.15, 0.2) is 0 Å². The molecule has 11 heteroatoms. The number of carboxylic acids is 1. The van der Waals surface area contributed by atoms with Gasteiger partial charge in [0, 0.05) is 26.2 Å². The number of carbonyl (C=O) groups is 1. The molecule has 6 N–H and O–H groups in total. The number of nitrogens with two attached hydrogens (primary N) is 1. The normalized spacial score (nSPS) is 23.4. The predicted octanol–water partition coefficient (Wildman–Crippen LogP) is -2.33. The number of nitrogens with one attached hydrogen (secondary N) is 1. The first kappa shape index (κ1) is 18.3. The zero-order chi connectivity index (χ0) is 16.0. The fourth-order valence-corrected chi connectivity index (χ4v) is 3.75. The summed E-state index contributed by atoms with van der Waals surface area (Å²) in [5.41, 5.74) is 5.24. The SMILES string of the molecule is NCCNS(=O)(=O)N1CC(CCCB(O)O)C(C(=O)O)C1. The van der Waals surface area contributed by atoms with Crippen molar-refractivity contribution in [3.8, 4) is 0 Å². The van der Waals surface area contributed by atoms with Crippen LogP contribution in [0.1, 0.15) is 12.8 Å². The van der Waals surface area contributed by atoms with Crippen molar-refractivity contribution in [1.29, 1.82) is 0 Å². The Morgan fingerprint density at radius 1 is 1.38 bits per heavy atom. The van der Waals surface area contributed by atoms with Crippen LogP contribution in [0.2, 0.25) is 6.32 Å². The standard InChI is InChI=1S/C10H22BN3O6S/c12-4-5-13-21(19,20)14-6-8(2-1-3-11(17)18)9(7-14)10(15)16/h8-9,13,17-18H,1-7,12H2,(H,15,16). The van der Waals surface area contributed by atoms with E-state index in [2.05, 4.69) is 4.72 Å². The number of hydrogen-bond acceptors (Lipinski definition) is 6. The van der Waals surface area contributed by atoms with Crippen LogP contribution < -0.4 is 10.5 Å². The zero-order valence-corrected chi connectivity index (χ0v) is 12.5. The molecular formula is C10H22BN3O6S. The minimum Gasteiger partial charge on any atom is -0.481 e. The molecule has 1 rings (SSSR count). The summed E-state index contributed by atoms with van der Waals surface area (Å²) in [5.74, 6) is -2.16. The van der Waals surface area contributed by atoms with Gasteiger partial charge in [-0.2, -0.15) is 12.7 Å². The molecule has 0 spiro atoms. The third-order valence-electron chi connectivity index (χ3n) is 3.53. The third-order valence-corrected chi connectivity index (χ3v) is 5.08. The summed E-state index contributed by atoms with van der Waals surface area (Å²) in [6, 6.07) is 0. The molecule has 2 unspecified atom stereocenters. The van der Waals surface area contributed by atoms with Gasteiger partial charge in [-0.15, -0.1) is 0 Å². The van der Waals surface area contributed by atoms with Gasteiger partial charge >= 0.3 is 13.1 Å². The molecule has 2 atom stereocenters. The molecule has 0 aromatic heterocycles. The lowest BCUT2D eigenvalue weighted by atomic mass is 9.80. The molecule has 9 nitrogen and oxygen atoms in total. The Hall–Kier alpha value is -0.715. The maximum Gasteiger partial charge on any atom is 0.451 e. The number of carboxylic acid groups (broad SMARTS) is 1. The van der Waals surface area contributed by atoms with Crippen molar-refractivity contribution in [2.45, 2.75) is 19.2 Å². The summed E-state index contributed by atoms with van der Waals surface area (Å²) < 4.78 is 27.4. The summed E-state index contributed by atoms with van der Waals surface area (Å²) in [4.78, 5) is 11.2. The highest BCUT2D eigenvalue weighted by Gasteiger charge is 2.41. The molecule has 0 amide bonds. The van der Waals surface area contributed by atoms with E-state index < -0.39 is 29.2 Å². The number of rotatable bonds is 9. The average Bonchev–Trinajstić information content (AvgIpc) is 2.81. The third kappa shape index (κ3) is 5.53. The van der Waals surface area contributed by atoms with Crippen LogP contribution in [0, 0.1) is 11.8 Å².